The normalized spacial score (nSPS) is 41.8. The summed E-state index contributed by atoms with van der Waals surface area (Å²) in [4.78, 5) is 11.1. The monoisotopic (exact) mass is 168 g/mol. The van der Waals surface area contributed by atoms with Crippen LogP contribution in [0.2, 0.25) is 0 Å². The zero-order valence-electron chi connectivity index (χ0n) is 7.52. The Morgan fingerprint density at radius 2 is 2.33 bits per heavy atom. The van der Waals surface area contributed by atoms with Gasteiger partial charge in [0.1, 0.15) is 0 Å². The van der Waals surface area contributed by atoms with Crippen LogP contribution < -0.4 is 10.9 Å². The molecule has 0 aromatic rings. The summed E-state index contributed by atoms with van der Waals surface area (Å²) in [6.07, 6.45) is 5.65. The topological polar surface area (TPSA) is 41.1 Å². The summed E-state index contributed by atoms with van der Waals surface area (Å²) in [6, 6.07) is 0. The van der Waals surface area contributed by atoms with Crippen molar-refractivity contribution in [2.75, 3.05) is 0 Å². The van der Waals surface area contributed by atoms with Crippen LogP contribution in [0.5, 0.6) is 0 Å². The van der Waals surface area contributed by atoms with E-state index in [-0.39, 0.29) is 11.4 Å². The van der Waals surface area contributed by atoms with Gasteiger partial charge in [-0.15, -0.1) is 0 Å². The molecule has 0 aromatic heterocycles. The summed E-state index contributed by atoms with van der Waals surface area (Å²) in [5.74, 6) is 0.786. The quantitative estimate of drug-likeness (QED) is 0.565. The third-order valence-corrected chi connectivity index (χ3v) is 3.38. The van der Waals surface area contributed by atoms with Crippen LogP contribution in [0.1, 0.15) is 39.0 Å². The second-order valence-electron chi connectivity index (χ2n) is 4.15. The number of hydrazine groups is 1. The molecule has 12 heavy (non-hydrogen) atoms. The highest BCUT2D eigenvalue weighted by Crippen LogP contribution is 2.37. The number of rotatable bonds is 0. The first kappa shape index (κ1) is 8.05. The molecule has 2 N–H and O–H groups in total. The Hall–Kier alpha value is -0.570. The van der Waals surface area contributed by atoms with Crippen LogP contribution in [-0.2, 0) is 4.79 Å². The first-order chi connectivity index (χ1) is 5.73. The Bertz CT molecular complexity index is 205. The predicted molar refractivity (Wildman–Crippen MR) is 46.3 cm³/mol. The predicted octanol–water partition coefficient (Wildman–Crippen LogP) is 0.960. The Morgan fingerprint density at radius 1 is 1.50 bits per heavy atom. The maximum absolute atomic E-state index is 11.1. The molecule has 1 heterocycles. The summed E-state index contributed by atoms with van der Waals surface area (Å²) >= 11 is 0. The van der Waals surface area contributed by atoms with E-state index in [0.29, 0.717) is 12.3 Å². The number of hydrogen-bond acceptors (Lipinski definition) is 2. The molecule has 1 spiro atoms. The number of carbonyl (C=O) groups is 1. The largest absolute Gasteiger partial charge is 0.291 e. The molecule has 2 aliphatic rings. The Morgan fingerprint density at radius 3 is 2.92 bits per heavy atom. The fourth-order valence-electron chi connectivity index (χ4n) is 2.43. The van der Waals surface area contributed by atoms with Gasteiger partial charge in [0.05, 0.1) is 0 Å². The summed E-state index contributed by atoms with van der Waals surface area (Å²) in [7, 11) is 0. The van der Waals surface area contributed by atoms with E-state index in [1.807, 2.05) is 0 Å². The molecule has 2 rings (SSSR count). The first-order valence-corrected chi connectivity index (χ1v) is 4.79. The minimum absolute atomic E-state index is 0.0926. The van der Waals surface area contributed by atoms with E-state index in [1.54, 1.807) is 0 Å². The number of hydrogen-bond donors (Lipinski definition) is 2. The third kappa shape index (κ3) is 1.12. The van der Waals surface area contributed by atoms with Crippen LogP contribution in [0, 0.1) is 5.92 Å². The van der Waals surface area contributed by atoms with Gasteiger partial charge in [-0.1, -0.05) is 19.8 Å². The van der Waals surface area contributed by atoms with Crippen molar-refractivity contribution >= 4 is 5.91 Å². The fourth-order valence-corrected chi connectivity index (χ4v) is 2.43. The molecule has 0 radical (unpaired) electrons. The standard InChI is InChI=1S/C9H16N2O/c1-7-4-2-3-5-9(7)6-8(12)10-11-9/h7,11H,2-6H2,1H3,(H,10,12). The molecule has 2 atom stereocenters. The van der Waals surface area contributed by atoms with Gasteiger partial charge in [-0.2, -0.15) is 0 Å². The van der Waals surface area contributed by atoms with E-state index in [0.717, 1.165) is 6.42 Å². The minimum atomic E-state index is 0.0926. The highest BCUT2D eigenvalue weighted by Gasteiger charge is 2.43. The molecule has 68 valence electrons. The summed E-state index contributed by atoms with van der Waals surface area (Å²) in [5, 5.41) is 0. The van der Waals surface area contributed by atoms with Crippen LogP contribution in [0.15, 0.2) is 0 Å². The molecule has 2 unspecified atom stereocenters. The molecule has 2 fully saturated rings. The van der Waals surface area contributed by atoms with Crippen molar-refractivity contribution in [2.45, 2.75) is 44.6 Å². The molecule has 1 saturated carbocycles. The van der Waals surface area contributed by atoms with Gasteiger partial charge >= 0.3 is 0 Å². The van der Waals surface area contributed by atoms with Gasteiger partial charge < -0.3 is 0 Å². The molecule has 0 aromatic carbocycles. The summed E-state index contributed by atoms with van der Waals surface area (Å²) in [6.45, 7) is 2.24. The molecule has 0 bridgehead atoms. The highest BCUT2D eigenvalue weighted by atomic mass is 16.2. The van der Waals surface area contributed by atoms with Crippen LogP contribution in [0.3, 0.4) is 0 Å². The zero-order chi connectivity index (χ0) is 8.60. The molecular formula is C9H16N2O. The summed E-state index contributed by atoms with van der Waals surface area (Å²) < 4.78 is 0. The van der Waals surface area contributed by atoms with Crippen LogP contribution >= 0.6 is 0 Å². The van der Waals surface area contributed by atoms with E-state index in [9.17, 15) is 4.79 Å². The van der Waals surface area contributed by atoms with Gasteiger partial charge in [-0.05, 0) is 18.8 Å². The second kappa shape index (κ2) is 2.73. The average Bonchev–Trinajstić information content (AvgIpc) is 2.41. The highest BCUT2D eigenvalue weighted by molar-refractivity contribution is 5.79. The van der Waals surface area contributed by atoms with E-state index in [2.05, 4.69) is 17.8 Å². The average molecular weight is 168 g/mol. The van der Waals surface area contributed by atoms with Gasteiger partial charge in [0.2, 0.25) is 5.91 Å². The Kier molecular flexibility index (Phi) is 1.83. The van der Waals surface area contributed by atoms with Crippen LogP contribution in [0.25, 0.3) is 0 Å². The van der Waals surface area contributed by atoms with E-state index < -0.39 is 0 Å². The van der Waals surface area contributed by atoms with Crippen molar-refractivity contribution in [3.63, 3.8) is 0 Å². The number of carbonyl (C=O) groups excluding carboxylic acids is 1. The maximum Gasteiger partial charge on any atom is 0.236 e. The Balaban J connectivity index is 2.12. The van der Waals surface area contributed by atoms with E-state index in [4.69, 9.17) is 0 Å². The fraction of sp³-hybridized carbons (Fsp3) is 0.889. The molecule has 1 saturated heterocycles. The summed E-state index contributed by atoms with van der Waals surface area (Å²) in [5.41, 5.74) is 5.99. The van der Waals surface area contributed by atoms with Gasteiger partial charge in [0.15, 0.2) is 0 Å². The van der Waals surface area contributed by atoms with E-state index in [1.165, 1.54) is 19.3 Å². The lowest BCUT2D eigenvalue weighted by Gasteiger charge is -2.38. The lowest BCUT2D eigenvalue weighted by Crippen LogP contribution is -2.50. The van der Waals surface area contributed by atoms with Crippen molar-refractivity contribution in [3.05, 3.63) is 0 Å². The smallest absolute Gasteiger partial charge is 0.236 e. The van der Waals surface area contributed by atoms with Gasteiger partial charge in [0, 0.05) is 12.0 Å². The lowest BCUT2D eigenvalue weighted by atomic mass is 9.73. The van der Waals surface area contributed by atoms with E-state index >= 15 is 0 Å². The van der Waals surface area contributed by atoms with Gasteiger partial charge in [-0.3, -0.25) is 10.2 Å². The maximum atomic E-state index is 11.1. The zero-order valence-corrected chi connectivity index (χ0v) is 7.52. The number of nitrogens with one attached hydrogen (secondary N) is 2. The third-order valence-electron chi connectivity index (χ3n) is 3.38. The first-order valence-electron chi connectivity index (χ1n) is 4.79. The van der Waals surface area contributed by atoms with Crippen LogP contribution in [0.4, 0.5) is 0 Å². The SMILES string of the molecule is CC1CCCCC12CC(=O)NN2. The molecular weight excluding hydrogens is 152 g/mol. The minimum Gasteiger partial charge on any atom is -0.291 e. The molecule has 3 nitrogen and oxygen atoms in total. The molecule has 1 aliphatic carbocycles. The van der Waals surface area contributed by atoms with Gasteiger partial charge in [-0.25, -0.2) is 5.43 Å². The second-order valence-corrected chi connectivity index (χ2v) is 4.15. The molecule has 1 aliphatic heterocycles. The number of amides is 1. The lowest BCUT2D eigenvalue weighted by molar-refractivity contribution is -0.119. The van der Waals surface area contributed by atoms with Crippen molar-refractivity contribution in [1.29, 1.82) is 0 Å². The van der Waals surface area contributed by atoms with Crippen molar-refractivity contribution in [2.24, 2.45) is 5.92 Å². The van der Waals surface area contributed by atoms with Crippen molar-refractivity contribution in [1.82, 2.24) is 10.9 Å². The molecule has 3 heteroatoms. The molecule has 1 amide bonds. The van der Waals surface area contributed by atoms with Gasteiger partial charge in [0.25, 0.3) is 0 Å². The van der Waals surface area contributed by atoms with Crippen molar-refractivity contribution in [3.8, 4) is 0 Å². The van der Waals surface area contributed by atoms with Crippen molar-refractivity contribution < 1.29 is 4.79 Å². The Labute approximate surface area is 72.9 Å². The van der Waals surface area contributed by atoms with Crippen LogP contribution in [-0.4, -0.2) is 11.4 Å².